The molecule has 0 aliphatic carbocycles. The summed E-state index contributed by atoms with van der Waals surface area (Å²) in [5.74, 6) is 0.199. The van der Waals surface area contributed by atoms with Gasteiger partial charge in [0.2, 0.25) is 0 Å². The lowest BCUT2D eigenvalue weighted by Crippen LogP contribution is -2.19. The first kappa shape index (κ1) is 19.2. The minimum Gasteiger partial charge on any atom is -0.503 e. The number of nitrogens with one attached hydrogen (secondary N) is 1. The fraction of sp³-hybridized carbons (Fsp3) is 0.111. The molecule has 1 amide bonds. The van der Waals surface area contributed by atoms with Gasteiger partial charge in [0.25, 0.3) is 5.91 Å². The molecular formula is C18H14BrIN2O3S. The number of carbonyl (C=O) groups excluding carboxylic acids is 1. The normalized spacial score (nSPS) is 17.0. The van der Waals surface area contributed by atoms with Crippen LogP contribution in [-0.2, 0) is 4.79 Å². The number of benzene rings is 2. The van der Waals surface area contributed by atoms with Crippen LogP contribution >= 0.6 is 50.3 Å². The van der Waals surface area contributed by atoms with Gasteiger partial charge in [0.15, 0.2) is 16.7 Å². The number of aliphatic imine (C=N–C) groups is 1. The molecule has 0 atom stereocenters. The molecule has 0 radical (unpaired) electrons. The minimum absolute atomic E-state index is 0.0402. The fourth-order valence-corrected chi connectivity index (χ4v) is 4.07. The van der Waals surface area contributed by atoms with Crippen LogP contribution in [0.5, 0.6) is 11.5 Å². The van der Waals surface area contributed by atoms with E-state index >= 15 is 0 Å². The molecule has 2 N–H and O–H groups in total. The number of hydrogen-bond acceptors (Lipinski definition) is 5. The molecule has 1 saturated heterocycles. The maximum Gasteiger partial charge on any atom is 0.264 e. The van der Waals surface area contributed by atoms with Crippen molar-refractivity contribution in [2.75, 3.05) is 6.61 Å². The number of nitrogens with zero attached hydrogens (tertiary/aromatic N) is 1. The maximum atomic E-state index is 12.2. The smallest absolute Gasteiger partial charge is 0.264 e. The maximum absolute atomic E-state index is 12.2. The van der Waals surface area contributed by atoms with Crippen LogP contribution in [0.25, 0.3) is 6.08 Å². The Kier molecular flexibility index (Phi) is 6.25. The highest BCUT2D eigenvalue weighted by molar-refractivity contribution is 14.1. The fourth-order valence-electron chi connectivity index (χ4n) is 2.24. The third-order valence-corrected chi connectivity index (χ3v) is 5.52. The number of rotatable bonds is 4. The molecule has 8 heteroatoms. The zero-order chi connectivity index (χ0) is 18.7. The number of aromatic hydroxyl groups is 1. The highest BCUT2D eigenvalue weighted by Gasteiger charge is 2.24. The van der Waals surface area contributed by atoms with E-state index in [9.17, 15) is 9.90 Å². The summed E-state index contributed by atoms with van der Waals surface area (Å²) in [6.45, 7) is 2.27. The van der Waals surface area contributed by atoms with Crippen LogP contribution in [0, 0.1) is 3.57 Å². The van der Waals surface area contributed by atoms with Gasteiger partial charge in [0, 0.05) is 3.57 Å². The average molecular weight is 545 g/mol. The molecule has 0 aromatic heterocycles. The Balaban J connectivity index is 1.87. The molecule has 0 unspecified atom stereocenters. The van der Waals surface area contributed by atoms with Crippen molar-refractivity contribution in [3.8, 4) is 11.5 Å². The van der Waals surface area contributed by atoms with Gasteiger partial charge >= 0.3 is 0 Å². The van der Waals surface area contributed by atoms with Crippen LogP contribution in [0.4, 0.5) is 5.69 Å². The molecule has 0 spiro atoms. The van der Waals surface area contributed by atoms with Gasteiger partial charge in [-0.15, -0.1) is 0 Å². The Morgan fingerprint density at radius 1 is 1.38 bits per heavy atom. The Hall–Kier alpha value is -1.52. The highest BCUT2D eigenvalue weighted by atomic mass is 127. The predicted molar refractivity (Wildman–Crippen MR) is 117 cm³/mol. The van der Waals surface area contributed by atoms with E-state index < -0.39 is 0 Å². The van der Waals surface area contributed by atoms with Crippen LogP contribution in [0.1, 0.15) is 12.5 Å². The summed E-state index contributed by atoms with van der Waals surface area (Å²) in [5.41, 5.74) is 1.53. The van der Waals surface area contributed by atoms with Gasteiger partial charge in [0.05, 0.1) is 21.7 Å². The van der Waals surface area contributed by atoms with Crippen molar-refractivity contribution in [1.29, 1.82) is 0 Å². The quantitative estimate of drug-likeness (QED) is 0.417. The van der Waals surface area contributed by atoms with Crippen LogP contribution in [0.15, 0.2) is 50.8 Å². The van der Waals surface area contributed by atoms with Gasteiger partial charge in [-0.1, -0.05) is 6.07 Å². The third kappa shape index (κ3) is 4.60. The lowest BCUT2D eigenvalue weighted by molar-refractivity contribution is -0.115. The zero-order valence-corrected chi connectivity index (χ0v) is 18.2. The molecular weight excluding hydrogens is 531 g/mol. The van der Waals surface area contributed by atoms with Crippen molar-refractivity contribution in [3.05, 3.63) is 54.9 Å². The molecule has 1 heterocycles. The summed E-state index contributed by atoms with van der Waals surface area (Å²) in [6, 6.07) is 11.1. The van der Waals surface area contributed by atoms with Crippen molar-refractivity contribution in [3.63, 3.8) is 0 Å². The second kappa shape index (κ2) is 8.45. The summed E-state index contributed by atoms with van der Waals surface area (Å²) in [7, 11) is 0. The van der Waals surface area contributed by atoms with Gasteiger partial charge in [0.1, 0.15) is 0 Å². The van der Waals surface area contributed by atoms with Crippen molar-refractivity contribution in [2.24, 2.45) is 4.99 Å². The standard InChI is InChI=1S/C18H14BrIN2O3S/c1-2-25-14-7-10(6-13(19)16(14)23)8-15-17(24)22-18(26-15)21-12-5-3-4-11(20)9-12/h3-9,23H,2H2,1H3,(H,21,22,24)/b15-8+. The SMILES string of the molecule is CCOc1cc(/C=C2/SC(=Nc3cccc(I)c3)NC2=O)cc(Br)c1O. The van der Waals surface area contributed by atoms with Crippen molar-refractivity contribution in [2.45, 2.75) is 6.92 Å². The average Bonchev–Trinajstić information content (AvgIpc) is 2.91. The molecule has 0 bridgehead atoms. The van der Waals surface area contributed by atoms with Crippen molar-refractivity contribution >= 4 is 73.1 Å². The molecule has 1 fully saturated rings. The zero-order valence-electron chi connectivity index (χ0n) is 13.6. The number of thioether (sulfide) groups is 1. The number of carbonyl (C=O) groups is 1. The number of hydrogen-bond donors (Lipinski definition) is 2. The Morgan fingerprint density at radius 2 is 2.19 bits per heavy atom. The van der Waals surface area contributed by atoms with E-state index in [1.807, 2.05) is 31.2 Å². The van der Waals surface area contributed by atoms with Gasteiger partial charge < -0.3 is 15.2 Å². The van der Waals surface area contributed by atoms with E-state index in [0.29, 0.717) is 26.9 Å². The molecule has 26 heavy (non-hydrogen) atoms. The number of amidine groups is 1. The first-order valence-electron chi connectivity index (χ1n) is 7.66. The Morgan fingerprint density at radius 3 is 2.92 bits per heavy atom. The Bertz CT molecular complexity index is 931. The second-order valence-corrected chi connectivity index (χ2v) is 8.37. The van der Waals surface area contributed by atoms with E-state index in [2.05, 4.69) is 48.8 Å². The number of phenolic OH excluding ortho intramolecular Hbond substituents is 1. The Labute approximate surface area is 177 Å². The van der Waals surface area contributed by atoms with Crippen LogP contribution in [-0.4, -0.2) is 22.8 Å². The van der Waals surface area contributed by atoms with Gasteiger partial charge in [-0.05, 0) is 99.2 Å². The second-order valence-electron chi connectivity index (χ2n) is 5.24. The third-order valence-electron chi connectivity index (χ3n) is 3.34. The largest absolute Gasteiger partial charge is 0.503 e. The minimum atomic E-state index is -0.207. The van der Waals surface area contributed by atoms with E-state index in [0.717, 1.165) is 14.8 Å². The first-order chi connectivity index (χ1) is 12.5. The topological polar surface area (TPSA) is 70.9 Å². The van der Waals surface area contributed by atoms with E-state index in [1.165, 1.54) is 11.8 Å². The number of amides is 1. The molecule has 134 valence electrons. The van der Waals surface area contributed by atoms with E-state index in [-0.39, 0.29) is 11.7 Å². The molecule has 1 aliphatic heterocycles. The summed E-state index contributed by atoms with van der Waals surface area (Å²) < 4.78 is 7.00. The summed E-state index contributed by atoms with van der Waals surface area (Å²) in [4.78, 5) is 17.2. The van der Waals surface area contributed by atoms with E-state index in [1.54, 1.807) is 18.2 Å². The summed E-state index contributed by atoms with van der Waals surface area (Å²) in [5, 5.41) is 13.3. The van der Waals surface area contributed by atoms with E-state index in [4.69, 9.17) is 4.74 Å². The molecule has 1 aliphatic rings. The first-order valence-corrected chi connectivity index (χ1v) is 10.4. The molecule has 3 rings (SSSR count). The van der Waals surface area contributed by atoms with Crippen molar-refractivity contribution in [1.82, 2.24) is 5.32 Å². The predicted octanol–water partition coefficient (Wildman–Crippen LogP) is 5.05. The summed E-state index contributed by atoms with van der Waals surface area (Å²) >= 11 is 6.80. The molecule has 2 aromatic rings. The lowest BCUT2D eigenvalue weighted by atomic mass is 10.2. The molecule has 0 saturated carbocycles. The van der Waals surface area contributed by atoms with Crippen LogP contribution in [0.2, 0.25) is 0 Å². The number of ether oxygens (including phenoxy) is 1. The van der Waals surface area contributed by atoms with Gasteiger partial charge in [-0.3, -0.25) is 4.79 Å². The highest BCUT2D eigenvalue weighted by Crippen LogP contribution is 2.37. The van der Waals surface area contributed by atoms with Crippen LogP contribution < -0.4 is 10.1 Å². The lowest BCUT2D eigenvalue weighted by Gasteiger charge is -2.08. The van der Waals surface area contributed by atoms with Gasteiger partial charge in [-0.2, -0.15) is 0 Å². The van der Waals surface area contributed by atoms with Crippen molar-refractivity contribution < 1.29 is 14.6 Å². The monoisotopic (exact) mass is 544 g/mol. The number of halogens is 2. The molecule has 2 aromatic carbocycles. The summed E-state index contributed by atoms with van der Waals surface area (Å²) in [6.07, 6.45) is 1.74. The number of phenols is 1. The van der Waals surface area contributed by atoms with Gasteiger partial charge in [-0.25, -0.2) is 4.99 Å². The molecule has 5 nitrogen and oxygen atoms in total. The van der Waals surface area contributed by atoms with Crippen LogP contribution in [0.3, 0.4) is 0 Å².